The highest BCUT2D eigenvalue weighted by molar-refractivity contribution is 6.95. The van der Waals surface area contributed by atoms with Crippen LogP contribution in [0.1, 0.15) is 72.6 Å². The fourth-order valence-corrected chi connectivity index (χ4v) is 7.30. The summed E-state index contributed by atoms with van der Waals surface area (Å²) in [5.41, 5.74) is 1.77. The predicted octanol–water partition coefficient (Wildman–Crippen LogP) is 5.68. The third-order valence-electron chi connectivity index (χ3n) is 5.42. The number of unbranched alkanes of at least 4 members (excludes halogenated alkanes) is 5. The maximum atomic E-state index is 2.92. The molecule has 1 aliphatic heterocycles. The zero-order chi connectivity index (χ0) is 15.2. The Morgan fingerprint density at radius 2 is 1.55 bits per heavy atom. The molecule has 1 nitrogen and oxygen atoms in total. The third kappa shape index (κ3) is 4.01. The Labute approximate surface area is 129 Å². The molecule has 0 saturated carbocycles. The average molecular weight is 293 g/mol. The highest BCUT2D eigenvalue weighted by atomic mass is 28.3. The molecule has 0 aromatic rings. The topological polar surface area (TPSA) is 3.24 Å². The van der Waals surface area contributed by atoms with Gasteiger partial charge in [-0.15, -0.1) is 0 Å². The van der Waals surface area contributed by atoms with Crippen LogP contribution < -0.4 is 0 Å². The Morgan fingerprint density at radius 1 is 0.950 bits per heavy atom. The van der Waals surface area contributed by atoms with Crippen LogP contribution in [-0.4, -0.2) is 26.1 Å². The van der Waals surface area contributed by atoms with Crippen molar-refractivity contribution in [2.75, 3.05) is 6.54 Å². The van der Waals surface area contributed by atoms with Crippen LogP contribution in [0.2, 0.25) is 19.4 Å². The lowest BCUT2D eigenvalue weighted by molar-refractivity contribution is 0.542. The summed E-state index contributed by atoms with van der Waals surface area (Å²) < 4.78 is 2.92. The lowest BCUT2D eigenvalue weighted by Gasteiger charge is -2.35. The van der Waals surface area contributed by atoms with Gasteiger partial charge in [0, 0.05) is 0 Å². The van der Waals surface area contributed by atoms with Crippen molar-refractivity contribution in [3.05, 3.63) is 10.7 Å². The molecule has 0 aromatic carbocycles. The van der Waals surface area contributed by atoms with Crippen molar-refractivity contribution in [2.45, 2.75) is 92.1 Å². The van der Waals surface area contributed by atoms with Crippen LogP contribution in [0.4, 0.5) is 0 Å². The van der Waals surface area contributed by atoms with E-state index in [1.54, 1.807) is 10.7 Å². The number of allylic oxidation sites excluding steroid dienone is 2. The lowest BCUT2D eigenvalue weighted by Crippen LogP contribution is -2.52. The highest BCUT2D eigenvalue weighted by Gasteiger charge is 2.45. The van der Waals surface area contributed by atoms with Crippen LogP contribution in [0.25, 0.3) is 0 Å². The van der Waals surface area contributed by atoms with Crippen LogP contribution in [-0.2, 0) is 0 Å². The van der Waals surface area contributed by atoms with E-state index >= 15 is 0 Å². The number of hydrogen-bond acceptors (Lipinski definition) is 1. The molecule has 116 valence electrons. The molecule has 0 bridgehead atoms. The van der Waals surface area contributed by atoms with Gasteiger partial charge in [-0.3, -0.25) is 0 Å². The fourth-order valence-electron chi connectivity index (χ4n) is 3.90. The van der Waals surface area contributed by atoms with Gasteiger partial charge in [0.25, 0.3) is 0 Å². The quantitative estimate of drug-likeness (QED) is 0.390. The van der Waals surface area contributed by atoms with Crippen LogP contribution in [0, 0.1) is 0 Å². The van der Waals surface area contributed by atoms with Crippen molar-refractivity contribution in [1.29, 1.82) is 0 Å². The zero-order valence-electron chi connectivity index (χ0n) is 14.9. The maximum Gasteiger partial charge on any atom is 0.246 e. The molecule has 0 N–H and O–H groups in total. The van der Waals surface area contributed by atoms with Crippen molar-refractivity contribution in [3.63, 3.8) is 0 Å². The molecule has 0 saturated heterocycles. The summed E-state index contributed by atoms with van der Waals surface area (Å²) >= 11 is 0. The van der Waals surface area contributed by atoms with Gasteiger partial charge in [-0.05, 0) is 26.3 Å². The van der Waals surface area contributed by atoms with Gasteiger partial charge in [-0.2, -0.15) is 0 Å². The van der Waals surface area contributed by atoms with Crippen LogP contribution in [0.5, 0.6) is 0 Å². The van der Waals surface area contributed by atoms with E-state index in [2.05, 4.69) is 45.3 Å². The second-order valence-electron chi connectivity index (χ2n) is 6.95. The van der Waals surface area contributed by atoms with Crippen molar-refractivity contribution in [1.82, 2.24) is 4.48 Å². The van der Waals surface area contributed by atoms with E-state index in [0.29, 0.717) is 0 Å². The van der Waals surface area contributed by atoms with Crippen molar-refractivity contribution < 1.29 is 0 Å². The largest absolute Gasteiger partial charge is 0.358 e. The first kappa shape index (κ1) is 18.0. The summed E-state index contributed by atoms with van der Waals surface area (Å²) in [5, 5.41) is 1.78. The molecular formula is C17H36BNSi. The minimum atomic E-state index is -1.30. The molecule has 20 heavy (non-hydrogen) atoms. The Hall–Kier alpha value is -0.0182. The van der Waals surface area contributed by atoms with E-state index < -0.39 is 8.24 Å². The second kappa shape index (κ2) is 8.43. The van der Waals surface area contributed by atoms with Crippen LogP contribution in [0.3, 0.4) is 0 Å². The van der Waals surface area contributed by atoms with E-state index in [1.165, 1.54) is 57.8 Å². The zero-order valence-corrected chi connectivity index (χ0v) is 15.9. The summed E-state index contributed by atoms with van der Waals surface area (Å²) in [5.74, 6) is 0. The fraction of sp³-hybridized carbons (Fsp3) is 0.882. The molecule has 0 unspecified atom stereocenters. The summed E-state index contributed by atoms with van der Waals surface area (Å²) in [6.07, 6.45) is 11.0. The highest BCUT2D eigenvalue weighted by Crippen LogP contribution is 2.36. The van der Waals surface area contributed by atoms with Crippen LogP contribution in [0.15, 0.2) is 10.7 Å². The first-order valence-corrected chi connectivity index (χ1v) is 11.9. The molecule has 0 atom stereocenters. The molecule has 1 rings (SSSR count). The molecule has 1 heterocycles. The van der Waals surface area contributed by atoms with Gasteiger partial charge >= 0.3 is 0 Å². The Bertz CT molecular complexity index is 325. The lowest BCUT2D eigenvalue weighted by atomic mass is 9.52. The molecule has 0 radical (unpaired) electrons. The van der Waals surface area contributed by atoms with Gasteiger partial charge in [-0.1, -0.05) is 83.0 Å². The first-order valence-electron chi connectivity index (χ1n) is 8.97. The number of hydrogen-bond donors (Lipinski definition) is 0. The van der Waals surface area contributed by atoms with E-state index in [9.17, 15) is 0 Å². The summed E-state index contributed by atoms with van der Waals surface area (Å²) in [6.45, 7) is 16.7. The Balaban J connectivity index is 2.52. The molecule has 1 aliphatic rings. The second-order valence-corrected chi connectivity index (χ2v) is 11.4. The first-order chi connectivity index (χ1) is 9.50. The normalized spacial score (nSPS) is 19.2. The van der Waals surface area contributed by atoms with Crippen LogP contribution >= 0.6 is 0 Å². The summed E-state index contributed by atoms with van der Waals surface area (Å²) in [6, 6.07) is 0. The molecular weight excluding hydrogens is 257 g/mol. The van der Waals surface area contributed by atoms with E-state index in [4.69, 9.17) is 0 Å². The average Bonchev–Trinajstić information content (AvgIpc) is 2.61. The molecule has 0 fully saturated rings. The van der Waals surface area contributed by atoms with Gasteiger partial charge in [0.15, 0.2) is 0 Å². The van der Waals surface area contributed by atoms with Gasteiger partial charge in [0.1, 0.15) is 8.24 Å². The number of rotatable bonds is 9. The minimum absolute atomic E-state index is 0.761. The number of nitrogens with zero attached hydrogens (tertiary/aromatic N) is 1. The van der Waals surface area contributed by atoms with E-state index in [-0.39, 0.29) is 0 Å². The van der Waals surface area contributed by atoms with Crippen molar-refractivity contribution in [3.8, 4) is 0 Å². The Morgan fingerprint density at radius 3 is 2.10 bits per heavy atom. The van der Waals surface area contributed by atoms with Gasteiger partial charge in [-0.25, -0.2) is 0 Å². The predicted molar refractivity (Wildman–Crippen MR) is 96.8 cm³/mol. The van der Waals surface area contributed by atoms with E-state index in [1.807, 2.05) is 0 Å². The molecule has 0 aromatic heterocycles. The summed E-state index contributed by atoms with van der Waals surface area (Å²) in [7, 11) is -1.30. The third-order valence-corrected chi connectivity index (χ3v) is 9.54. The monoisotopic (exact) mass is 293 g/mol. The van der Waals surface area contributed by atoms with Crippen molar-refractivity contribution >= 4 is 15.1 Å². The molecule has 0 amide bonds. The van der Waals surface area contributed by atoms with Gasteiger partial charge in [0.05, 0.1) is 0 Å². The van der Waals surface area contributed by atoms with Gasteiger partial charge in [0.2, 0.25) is 6.85 Å². The Kier molecular flexibility index (Phi) is 7.60. The van der Waals surface area contributed by atoms with Crippen molar-refractivity contribution in [2.24, 2.45) is 0 Å². The molecule has 0 spiro atoms. The maximum absolute atomic E-state index is 2.92. The van der Waals surface area contributed by atoms with E-state index in [0.717, 1.165) is 6.85 Å². The molecule has 0 aliphatic carbocycles. The SMILES string of the molecule is CCCCCCCCN1B(CC)C(CC)=C(C)[Si]1(C)C. The summed E-state index contributed by atoms with van der Waals surface area (Å²) in [4.78, 5) is 0. The smallest absolute Gasteiger partial charge is 0.246 e. The van der Waals surface area contributed by atoms with Gasteiger partial charge < -0.3 is 4.48 Å². The standard InChI is InChI=1S/C17H36BNSi/c1-7-10-11-12-13-14-15-19-18(9-3)17(8-2)16(4)20(19,5)6/h7-15H2,1-6H3. The molecule has 3 heteroatoms. The minimum Gasteiger partial charge on any atom is -0.358 e.